The average Bonchev–Trinajstić information content (AvgIpc) is 3.20. The Morgan fingerprint density at radius 1 is 0.464 bits per heavy atom. The summed E-state index contributed by atoms with van der Waals surface area (Å²) in [4.78, 5) is 53.4. The van der Waals surface area contributed by atoms with Crippen molar-refractivity contribution in [2.24, 2.45) is 11.8 Å². The van der Waals surface area contributed by atoms with Gasteiger partial charge in [0.25, 0.3) is 0 Å². The Kier molecular flexibility index (Phi) is 16.9. The number of amides is 4. The van der Waals surface area contributed by atoms with E-state index in [4.69, 9.17) is 9.47 Å². The van der Waals surface area contributed by atoms with E-state index in [2.05, 4.69) is 21.3 Å². The molecule has 6 atom stereocenters. The summed E-state index contributed by atoms with van der Waals surface area (Å²) in [7, 11) is 0. The summed E-state index contributed by atoms with van der Waals surface area (Å²) >= 11 is 0. The highest BCUT2D eigenvalue weighted by Gasteiger charge is 2.37. The number of aliphatic hydroxyl groups excluding tert-OH is 2. The van der Waals surface area contributed by atoms with Crippen molar-refractivity contribution in [1.29, 1.82) is 0 Å². The molecule has 0 bridgehead atoms. The average molecular weight is 767 g/mol. The van der Waals surface area contributed by atoms with Gasteiger partial charge in [0, 0.05) is 0 Å². The van der Waals surface area contributed by atoms with E-state index in [0.717, 1.165) is 22.3 Å². The number of hydrogen-bond donors (Lipinski definition) is 6. The zero-order chi connectivity index (χ0) is 40.5. The van der Waals surface area contributed by atoms with Crippen LogP contribution in [0, 0.1) is 11.8 Å². The molecule has 12 heteroatoms. The molecule has 4 aromatic carbocycles. The lowest BCUT2D eigenvalue weighted by atomic mass is 9.90. The Labute approximate surface area is 329 Å². The van der Waals surface area contributed by atoms with E-state index in [1.165, 1.54) is 0 Å². The second-order valence-corrected chi connectivity index (χ2v) is 14.4. The maximum Gasteiger partial charge on any atom is 0.408 e. The Morgan fingerprint density at radius 3 is 1.04 bits per heavy atom. The first-order valence-corrected chi connectivity index (χ1v) is 18.9. The second kappa shape index (κ2) is 22.0. The number of rotatable bonds is 19. The molecule has 2 unspecified atom stereocenters. The fourth-order valence-electron chi connectivity index (χ4n) is 6.12. The molecule has 0 saturated heterocycles. The molecule has 6 N–H and O–H groups in total. The van der Waals surface area contributed by atoms with Gasteiger partial charge in [-0.25, -0.2) is 9.59 Å². The lowest BCUT2D eigenvalue weighted by Crippen LogP contribution is -2.61. The first-order valence-electron chi connectivity index (χ1n) is 18.9. The first kappa shape index (κ1) is 43.0. The van der Waals surface area contributed by atoms with Crippen molar-refractivity contribution >= 4 is 24.0 Å². The number of carbonyl (C=O) groups excluding carboxylic acids is 4. The number of nitrogens with one attached hydrogen (secondary N) is 4. The molecule has 298 valence electrons. The van der Waals surface area contributed by atoms with Gasteiger partial charge in [-0.2, -0.15) is 0 Å². The van der Waals surface area contributed by atoms with Gasteiger partial charge in [-0.1, -0.05) is 149 Å². The van der Waals surface area contributed by atoms with Gasteiger partial charge in [-0.05, 0) is 46.9 Å². The summed E-state index contributed by atoms with van der Waals surface area (Å²) in [5.74, 6) is -1.93. The number of carbonyl (C=O) groups is 4. The molecule has 0 radical (unpaired) electrons. The fourth-order valence-corrected chi connectivity index (χ4v) is 6.12. The number of ether oxygens (including phenoxy) is 2. The van der Waals surface area contributed by atoms with Crippen LogP contribution in [0.5, 0.6) is 0 Å². The highest BCUT2D eigenvalue weighted by atomic mass is 16.6. The summed E-state index contributed by atoms with van der Waals surface area (Å²) < 4.78 is 10.7. The largest absolute Gasteiger partial charge is 0.445 e. The Morgan fingerprint density at radius 2 is 0.750 bits per heavy atom. The van der Waals surface area contributed by atoms with Crippen LogP contribution in [-0.4, -0.2) is 70.6 Å². The predicted octanol–water partition coefficient (Wildman–Crippen LogP) is 5.07. The molecule has 0 aliphatic heterocycles. The van der Waals surface area contributed by atoms with Crippen LogP contribution in [-0.2, 0) is 45.1 Å². The van der Waals surface area contributed by atoms with Gasteiger partial charge in [0.05, 0.1) is 12.1 Å². The molecular formula is C44H54N4O8. The molecule has 0 aliphatic carbocycles. The van der Waals surface area contributed by atoms with Crippen LogP contribution in [0.2, 0.25) is 0 Å². The van der Waals surface area contributed by atoms with Crippen LogP contribution in [0.4, 0.5) is 9.59 Å². The quantitative estimate of drug-likeness (QED) is 0.0768. The Bertz CT molecular complexity index is 1660. The summed E-state index contributed by atoms with van der Waals surface area (Å²) in [6, 6.07) is 32.3. The maximum atomic E-state index is 13.9. The van der Waals surface area contributed by atoms with Gasteiger partial charge in [-0.3, -0.25) is 9.59 Å². The summed E-state index contributed by atoms with van der Waals surface area (Å²) in [6.07, 6.45) is -4.55. The highest BCUT2D eigenvalue weighted by Crippen LogP contribution is 2.17. The van der Waals surface area contributed by atoms with E-state index >= 15 is 0 Å². The summed E-state index contributed by atoms with van der Waals surface area (Å²) in [5, 5.41) is 34.9. The molecule has 0 heterocycles. The SMILES string of the molecule is CC(C)C(NC(=O)OCc1ccccc1)C(=O)N[C@@H](Cc1ccccc1)[C@@H](O)[C@H](O)[C@H](Cc1ccccc1)NC(=O)C(NC(=O)OCc1ccccc1)C(C)C. The van der Waals surface area contributed by atoms with E-state index in [1.807, 2.05) is 121 Å². The molecule has 0 spiro atoms. The zero-order valence-electron chi connectivity index (χ0n) is 32.3. The third-order valence-corrected chi connectivity index (χ3v) is 9.30. The van der Waals surface area contributed by atoms with Crippen molar-refractivity contribution in [3.05, 3.63) is 144 Å². The molecule has 4 amide bonds. The highest BCUT2D eigenvalue weighted by molar-refractivity contribution is 5.87. The van der Waals surface area contributed by atoms with E-state index in [-0.39, 0.29) is 37.9 Å². The molecule has 0 fully saturated rings. The minimum Gasteiger partial charge on any atom is -0.445 e. The third kappa shape index (κ3) is 13.8. The Balaban J connectivity index is 1.53. The van der Waals surface area contributed by atoms with Crippen LogP contribution < -0.4 is 21.3 Å². The first-order chi connectivity index (χ1) is 26.9. The fraction of sp³-hybridized carbons (Fsp3) is 0.364. The van der Waals surface area contributed by atoms with Crippen LogP contribution in [0.25, 0.3) is 0 Å². The number of benzene rings is 4. The lowest BCUT2D eigenvalue weighted by Gasteiger charge is -2.35. The van der Waals surface area contributed by atoms with Crippen molar-refractivity contribution in [3.8, 4) is 0 Å². The van der Waals surface area contributed by atoms with Gasteiger partial charge in [0.1, 0.15) is 37.5 Å². The van der Waals surface area contributed by atoms with Gasteiger partial charge >= 0.3 is 12.2 Å². The lowest BCUT2D eigenvalue weighted by molar-refractivity contribution is -0.129. The third-order valence-electron chi connectivity index (χ3n) is 9.30. The second-order valence-electron chi connectivity index (χ2n) is 14.4. The summed E-state index contributed by atoms with van der Waals surface area (Å²) in [5.41, 5.74) is 3.09. The van der Waals surface area contributed by atoms with Crippen molar-refractivity contribution in [3.63, 3.8) is 0 Å². The van der Waals surface area contributed by atoms with Crippen LogP contribution >= 0.6 is 0 Å². The minimum atomic E-state index is -1.60. The molecule has 4 rings (SSSR count). The van der Waals surface area contributed by atoms with E-state index in [1.54, 1.807) is 27.7 Å². The molecule has 0 saturated carbocycles. The molecule has 4 aromatic rings. The molecule has 0 aliphatic rings. The number of aliphatic hydroxyl groups is 2. The van der Waals surface area contributed by atoms with Crippen molar-refractivity contribution < 1.29 is 38.9 Å². The molecular weight excluding hydrogens is 713 g/mol. The smallest absolute Gasteiger partial charge is 0.408 e. The number of alkyl carbamates (subject to hydrolysis) is 2. The molecule has 12 nitrogen and oxygen atoms in total. The van der Waals surface area contributed by atoms with Gasteiger partial charge in [0.15, 0.2) is 0 Å². The van der Waals surface area contributed by atoms with Gasteiger partial charge in [0.2, 0.25) is 11.8 Å². The standard InChI is InChI=1S/C44H54N4O8/c1-29(2)37(47-43(53)55-27-33-21-13-7-14-22-33)41(51)45-35(25-31-17-9-5-10-18-31)39(49)40(50)36(26-32-19-11-6-12-20-32)46-42(52)38(30(3)4)48-44(54)56-28-34-23-15-8-16-24-34/h5-24,29-30,35-40,49-50H,25-28H2,1-4H3,(H,45,51)(H,46,52)(H,47,53)(H,48,54)/t35-,36-,37?,38?,39+,40+/m0/s1. The monoisotopic (exact) mass is 766 g/mol. The van der Waals surface area contributed by atoms with Crippen LogP contribution in [0.1, 0.15) is 49.9 Å². The number of hydrogen-bond acceptors (Lipinski definition) is 8. The van der Waals surface area contributed by atoms with Crippen LogP contribution in [0.3, 0.4) is 0 Å². The minimum absolute atomic E-state index is 0.0111. The van der Waals surface area contributed by atoms with Crippen LogP contribution in [0.15, 0.2) is 121 Å². The van der Waals surface area contributed by atoms with E-state index in [9.17, 15) is 29.4 Å². The van der Waals surface area contributed by atoms with Gasteiger partial charge < -0.3 is 41.0 Å². The molecule has 56 heavy (non-hydrogen) atoms. The van der Waals surface area contributed by atoms with Crippen molar-refractivity contribution in [2.45, 2.75) is 90.1 Å². The van der Waals surface area contributed by atoms with E-state index < -0.39 is 60.4 Å². The zero-order valence-corrected chi connectivity index (χ0v) is 32.3. The van der Waals surface area contributed by atoms with E-state index in [0.29, 0.717) is 0 Å². The molecule has 0 aromatic heterocycles. The predicted molar refractivity (Wildman–Crippen MR) is 213 cm³/mol. The van der Waals surface area contributed by atoms with Gasteiger partial charge in [-0.15, -0.1) is 0 Å². The Hall–Kier alpha value is -5.72. The van der Waals surface area contributed by atoms with Crippen molar-refractivity contribution in [2.75, 3.05) is 0 Å². The maximum absolute atomic E-state index is 13.9. The normalized spacial score (nSPS) is 14.4. The summed E-state index contributed by atoms with van der Waals surface area (Å²) in [6.45, 7) is 7.08. The van der Waals surface area contributed by atoms with Crippen molar-refractivity contribution in [1.82, 2.24) is 21.3 Å². The topological polar surface area (TPSA) is 175 Å².